The van der Waals surface area contributed by atoms with Gasteiger partial charge in [-0.05, 0) is 60.4 Å². The highest BCUT2D eigenvalue weighted by Crippen LogP contribution is 2.28. The van der Waals surface area contributed by atoms with Crippen LogP contribution in [0, 0.1) is 6.92 Å². The minimum absolute atomic E-state index is 0.0911. The third-order valence-corrected chi connectivity index (χ3v) is 7.70. The number of aromatic nitrogens is 4. The van der Waals surface area contributed by atoms with Crippen LogP contribution in [0.15, 0.2) is 60.7 Å². The van der Waals surface area contributed by atoms with Crippen LogP contribution in [0.25, 0.3) is 33.1 Å². The molecule has 0 bridgehead atoms. The van der Waals surface area contributed by atoms with E-state index >= 15 is 0 Å². The number of nitrogens with zero attached hydrogens (tertiary/aromatic N) is 2. The Morgan fingerprint density at radius 2 is 1.78 bits per heavy atom. The van der Waals surface area contributed by atoms with Crippen LogP contribution in [-0.4, -0.2) is 39.0 Å². The van der Waals surface area contributed by atoms with Crippen molar-refractivity contribution >= 4 is 33.4 Å². The summed E-state index contributed by atoms with van der Waals surface area (Å²) < 4.78 is 5.41. The van der Waals surface area contributed by atoms with Crippen LogP contribution in [0.1, 0.15) is 68.6 Å². The summed E-state index contributed by atoms with van der Waals surface area (Å²) in [6, 6.07) is 19.9. The highest BCUT2D eigenvalue weighted by atomic mass is 16.5. The van der Waals surface area contributed by atoms with Crippen LogP contribution in [-0.2, 0) is 16.0 Å². The Morgan fingerprint density at radius 3 is 2.59 bits per heavy atom. The molecule has 0 unspecified atom stereocenters. The molecule has 0 saturated heterocycles. The molecule has 0 spiro atoms. The molecule has 0 saturated carbocycles. The number of ether oxygens (including phenoxy) is 1. The lowest BCUT2D eigenvalue weighted by atomic mass is 10.0. The predicted octanol–water partition coefficient (Wildman–Crippen LogP) is 6.75. The minimum atomic E-state index is -0.328. The van der Waals surface area contributed by atoms with Crippen molar-refractivity contribution in [2.24, 2.45) is 0 Å². The number of benzene rings is 3. The Bertz CT molecular complexity index is 1670. The average molecular weight is 552 g/mol. The third-order valence-electron chi connectivity index (χ3n) is 7.70. The molecule has 0 aliphatic heterocycles. The summed E-state index contributed by atoms with van der Waals surface area (Å²) in [5.74, 6) is 2.24. The Kier molecular flexibility index (Phi) is 8.77. The van der Waals surface area contributed by atoms with E-state index in [0.29, 0.717) is 30.9 Å². The fraction of sp³-hybridized carbons (Fsp3) is 0.333. The molecule has 8 nitrogen and oxygen atoms in total. The number of amides is 1. The minimum Gasteiger partial charge on any atom is -0.497 e. The molecule has 2 aromatic heterocycles. The molecule has 41 heavy (non-hydrogen) atoms. The summed E-state index contributed by atoms with van der Waals surface area (Å²) in [7, 11) is 1.64. The Labute approximate surface area is 239 Å². The Balaban J connectivity index is 1.34. The van der Waals surface area contributed by atoms with Gasteiger partial charge in [-0.25, -0.2) is 0 Å². The highest BCUT2D eigenvalue weighted by molar-refractivity contribution is 5.91. The van der Waals surface area contributed by atoms with Crippen molar-refractivity contribution in [3.05, 3.63) is 77.7 Å². The van der Waals surface area contributed by atoms with Crippen LogP contribution >= 0.6 is 0 Å². The molecular formula is C33H37N5O3. The SMILES string of the molecule is CCC(=O)CCCCC[C@H](NC(=O)Cc1c(C)[nH]c2ccc(OC)cc12)c1nnc(-c2ccc3ccccc3c2)[nH]1. The summed E-state index contributed by atoms with van der Waals surface area (Å²) in [6.07, 6.45) is 4.72. The third kappa shape index (κ3) is 6.65. The van der Waals surface area contributed by atoms with Gasteiger partial charge in [-0.15, -0.1) is 10.2 Å². The van der Waals surface area contributed by atoms with Gasteiger partial charge < -0.3 is 20.0 Å². The number of unbranched alkanes of at least 4 members (excludes halogenated alkanes) is 2. The molecule has 3 N–H and O–H groups in total. The van der Waals surface area contributed by atoms with E-state index in [1.54, 1.807) is 7.11 Å². The largest absolute Gasteiger partial charge is 0.497 e. The predicted molar refractivity (Wildman–Crippen MR) is 162 cm³/mol. The molecule has 5 rings (SSSR count). The fourth-order valence-corrected chi connectivity index (χ4v) is 5.32. The maximum atomic E-state index is 13.4. The van der Waals surface area contributed by atoms with E-state index in [1.807, 2.05) is 50.2 Å². The van der Waals surface area contributed by atoms with Gasteiger partial charge in [-0.2, -0.15) is 0 Å². The molecular weight excluding hydrogens is 514 g/mol. The number of aryl methyl sites for hydroxylation is 1. The molecule has 3 aromatic carbocycles. The fourth-order valence-electron chi connectivity index (χ4n) is 5.32. The summed E-state index contributed by atoms with van der Waals surface area (Å²) in [6.45, 7) is 3.88. The van der Waals surface area contributed by atoms with Gasteiger partial charge >= 0.3 is 0 Å². The Morgan fingerprint density at radius 1 is 0.951 bits per heavy atom. The molecule has 0 aliphatic rings. The van der Waals surface area contributed by atoms with E-state index in [-0.39, 0.29) is 24.2 Å². The van der Waals surface area contributed by atoms with Crippen molar-refractivity contribution in [1.82, 2.24) is 25.5 Å². The van der Waals surface area contributed by atoms with Gasteiger partial charge in [0, 0.05) is 35.0 Å². The number of hydrogen-bond acceptors (Lipinski definition) is 5. The van der Waals surface area contributed by atoms with Crippen LogP contribution in [0.4, 0.5) is 0 Å². The zero-order valence-electron chi connectivity index (χ0n) is 23.9. The zero-order chi connectivity index (χ0) is 28.8. The van der Waals surface area contributed by atoms with Gasteiger partial charge in [0.25, 0.3) is 0 Å². The monoisotopic (exact) mass is 551 g/mol. The van der Waals surface area contributed by atoms with Gasteiger partial charge in [0.05, 0.1) is 19.6 Å². The number of Topliss-reactive ketones (excluding diaryl/α,β-unsaturated/α-hetero) is 1. The normalized spacial score (nSPS) is 12.1. The van der Waals surface area contributed by atoms with E-state index < -0.39 is 0 Å². The maximum Gasteiger partial charge on any atom is 0.225 e. The van der Waals surface area contributed by atoms with Crippen molar-refractivity contribution in [1.29, 1.82) is 0 Å². The first-order valence-electron chi connectivity index (χ1n) is 14.3. The lowest BCUT2D eigenvalue weighted by molar-refractivity contribution is -0.121. The van der Waals surface area contributed by atoms with E-state index in [9.17, 15) is 9.59 Å². The highest BCUT2D eigenvalue weighted by Gasteiger charge is 2.21. The molecule has 1 atom stereocenters. The van der Waals surface area contributed by atoms with Crippen molar-refractivity contribution in [3.63, 3.8) is 0 Å². The second-order valence-corrected chi connectivity index (χ2v) is 10.5. The van der Waals surface area contributed by atoms with E-state index in [0.717, 1.165) is 63.5 Å². The van der Waals surface area contributed by atoms with Gasteiger partial charge in [0.1, 0.15) is 11.5 Å². The van der Waals surface area contributed by atoms with Crippen LogP contribution in [0.2, 0.25) is 0 Å². The number of carbonyl (C=O) groups excluding carboxylic acids is 2. The number of ketones is 1. The molecule has 1 amide bonds. The molecule has 8 heteroatoms. The van der Waals surface area contributed by atoms with Gasteiger partial charge in [-0.3, -0.25) is 9.59 Å². The number of hydrogen-bond donors (Lipinski definition) is 3. The molecule has 0 radical (unpaired) electrons. The number of methoxy groups -OCH3 is 1. The molecule has 212 valence electrons. The van der Waals surface area contributed by atoms with Gasteiger partial charge in [0.15, 0.2) is 11.6 Å². The van der Waals surface area contributed by atoms with Crippen LogP contribution in [0.5, 0.6) is 5.75 Å². The average Bonchev–Trinajstić information content (AvgIpc) is 3.60. The van der Waals surface area contributed by atoms with Crippen LogP contribution < -0.4 is 10.1 Å². The number of aromatic amines is 2. The Hall–Kier alpha value is -4.46. The lowest BCUT2D eigenvalue weighted by Crippen LogP contribution is -2.30. The van der Waals surface area contributed by atoms with Crippen LogP contribution in [0.3, 0.4) is 0 Å². The summed E-state index contributed by atoms with van der Waals surface area (Å²) in [5, 5.41) is 15.4. The summed E-state index contributed by atoms with van der Waals surface area (Å²) >= 11 is 0. The number of carbonyl (C=O) groups is 2. The standard InChI is InChI=1S/C33H37N5O3/c1-4-25(39)12-6-5-7-13-30(33-36-32(37-38-33)24-15-14-22-10-8-9-11-23(22)18-24)35-31(40)20-27-21(2)34-29-17-16-26(41-3)19-28(27)29/h8-11,14-19,30,34H,4-7,12-13,20H2,1-3H3,(H,35,40)(H,36,37,38)/t30-/m0/s1. The zero-order valence-corrected chi connectivity index (χ0v) is 23.9. The van der Waals surface area contributed by atoms with E-state index in [2.05, 4.69) is 49.7 Å². The molecule has 5 aromatic rings. The van der Waals surface area contributed by atoms with Crippen molar-refractivity contribution < 1.29 is 14.3 Å². The second-order valence-electron chi connectivity index (χ2n) is 10.5. The summed E-state index contributed by atoms with van der Waals surface area (Å²) in [5.41, 5.74) is 3.81. The first kappa shape index (κ1) is 28.1. The smallest absolute Gasteiger partial charge is 0.225 e. The van der Waals surface area contributed by atoms with Crippen molar-refractivity contribution in [3.8, 4) is 17.1 Å². The molecule has 2 heterocycles. The molecule has 0 aliphatic carbocycles. The second kappa shape index (κ2) is 12.8. The number of nitrogens with one attached hydrogen (secondary N) is 3. The molecule has 0 fully saturated rings. The number of fused-ring (bicyclic) bond motifs is 2. The van der Waals surface area contributed by atoms with E-state index in [1.165, 1.54) is 0 Å². The summed E-state index contributed by atoms with van der Waals surface area (Å²) in [4.78, 5) is 31.9. The maximum absolute atomic E-state index is 13.4. The quantitative estimate of drug-likeness (QED) is 0.140. The number of rotatable bonds is 13. The first-order valence-corrected chi connectivity index (χ1v) is 14.3. The van der Waals surface area contributed by atoms with Gasteiger partial charge in [0.2, 0.25) is 5.91 Å². The first-order chi connectivity index (χ1) is 19.9. The topological polar surface area (TPSA) is 113 Å². The lowest BCUT2D eigenvalue weighted by Gasteiger charge is -2.16. The number of H-pyrrole nitrogens is 2. The van der Waals surface area contributed by atoms with Crippen molar-refractivity contribution in [2.75, 3.05) is 7.11 Å². The van der Waals surface area contributed by atoms with E-state index in [4.69, 9.17) is 4.74 Å². The van der Waals surface area contributed by atoms with Crippen molar-refractivity contribution in [2.45, 2.75) is 64.8 Å². The van der Waals surface area contributed by atoms with Gasteiger partial charge in [-0.1, -0.05) is 56.2 Å².